The second kappa shape index (κ2) is 7.97. The Kier molecular flexibility index (Phi) is 6.88. The van der Waals surface area contributed by atoms with E-state index in [1.54, 1.807) is 0 Å². The van der Waals surface area contributed by atoms with Crippen molar-refractivity contribution in [1.82, 2.24) is 20.4 Å². The first-order chi connectivity index (χ1) is 9.88. The summed E-state index contributed by atoms with van der Waals surface area (Å²) < 4.78 is 0. The maximum atomic E-state index is 11.6. The number of hydrogen-bond donors (Lipinski definition) is 2. The fraction of sp³-hybridized carbons (Fsp3) is 0.750. The van der Waals surface area contributed by atoms with E-state index >= 15 is 0 Å². The van der Waals surface area contributed by atoms with E-state index in [9.17, 15) is 4.79 Å². The van der Waals surface area contributed by atoms with Crippen LogP contribution in [0.2, 0.25) is 0 Å². The molecule has 1 aliphatic heterocycles. The average molecular weight is 329 g/mol. The Hall–Kier alpha value is -1.07. The summed E-state index contributed by atoms with van der Waals surface area (Å²) in [4.78, 5) is 13.6. The van der Waals surface area contributed by atoms with Crippen LogP contribution in [0.3, 0.4) is 0 Å². The normalized spacial score (nSPS) is 16.7. The first-order valence-corrected chi connectivity index (χ1v) is 7.89. The number of nitrogens with zero attached hydrogens (tertiary/aromatic N) is 2. The summed E-state index contributed by atoms with van der Waals surface area (Å²) in [6.45, 7) is 12.3. The van der Waals surface area contributed by atoms with Crippen molar-refractivity contribution in [2.45, 2.75) is 52.5 Å². The molecule has 6 heteroatoms. The van der Waals surface area contributed by atoms with Gasteiger partial charge in [0.2, 0.25) is 5.91 Å². The molecule has 0 aromatic carbocycles. The zero-order valence-corrected chi connectivity index (χ0v) is 14.9. The molecule has 1 saturated heterocycles. The highest BCUT2D eigenvalue weighted by atomic mass is 35.5. The van der Waals surface area contributed by atoms with Crippen molar-refractivity contribution < 1.29 is 4.79 Å². The molecule has 1 aromatic heterocycles. The fourth-order valence-electron chi connectivity index (χ4n) is 2.89. The number of nitrogens with one attached hydrogen (secondary N) is 2. The Balaban J connectivity index is 0.00000242. The molecule has 2 N–H and O–H groups in total. The quantitative estimate of drug-likeness (QED) is 0.843. The van der Waals surface area contributed by atoms with Gasteiger partial charge in [-0.1, -0.05) is 27.7 Å². The van der Waals surface area contributed by atoms with Gasteiger partial charge < -0.3 is 10.2 Å². The first-order valence-electron chi connectivity index (χ1n) is 7.89. The number of aromatic nitrogens is 2. The van der Waals surface area contributed by atoms with Crippen molar-refractivity contribution in [3.63, 3.8) is 0 Å². The first kappa shape index (κ1) is 19.0. The molecule has 0 saturated carbocycles. The molecule has 0 radical (unpaired) electrons. The molecule has 5 nitrogen and oxygen atoms in total. The average Bonchev–Trinajstić information content (AvgIpc) is 2.99. The summed E-state index contributed by atoms with van der Waals surface area (Å²) in [7, 11) is 0. The molecule has 22 heavy (non-hydrogen) atoms. The molecule has 0 bridgehead atoms. The van der Waals surface area contributed by atoms with Gasteiger partial charge in [0.15, 0.2) is 0 Å². The maximum Gasteiger partial charge on any atom is 0.222 e. The van der Waals surface area contributed by atoms with Crippen molar-refractivity contribution in [3.05, 3.63) is 17.5 Å². The van der Waals surface area contributed by atoms with Gasteiger partial charge >= 0.3 is 0 Å². The van der Waals surface area contributed by atoms with E-state index < -0.39 is 0 Å². The number of halogens is 1. The van der Waals surface area contributed by atoms with Crippen LogP contribution >= 0.6 is 12.4 Å². The van der Waals surface area contributed by atoms with Crippen LogP contribution in [0.5, 0.6) is 0 Å². The van der Waals surface area contributed by atoms with E-state index in [1.807, 2.05) is 11.1 Å². The van der Waals surface area contributed by atoms with Crippen LogP contribution in [-0.4, -0.2) is 40.6 Å². The van der Waals surface area contributed by atoms with Gasteiger partial charge in [-0.15, -0.1) is 12.4 Å². The largest absolute Gasteiger partial charge is 0.342 e. The van der Waals surface area contributed by atoms with Gasteiger partial charge in [0, 0.05) is 42.7 Å². The number of rotatable bonds is 6. The number of likely N-dealkylation sites (tertiary alicyclic amines) is 1. The van der Waals surface area contributed by atoms with Crippen LogP contribution in [0.1, 0.15) is 51.8 Å². The van der Waals surface area contributed by atoms with Gasteiger partial charge in [0.1, 0.15) is 0 Å². The Labute approximate surface area is 139 Å². The maximum absolute atomic E-state index is 11.6. The number of aromatic amines is 1. The highest BCUT2D eigenvalue weighted by molar-refractivity contribution is 5.85. The summed E-state index contributed by atoms with van der Waals surface area (Å²) in [5.74, 6) is 0.781. The third-order valence-electron chi connectivity index (χ3n) is 3.98. The minimum absolute atomic E-state index is 0. The van der Waals surface area contributed by atoms with Crippen molar-refractivity contribution in [2.24, 2.45) is 5.92 Å². The molecule has 1 aromatic rings. The fourth-order valence-corrected chi connectivity index (χ4v) is 2.89. The van der Waals surface area contributed by atoms with Crippen LogP contribution in [0, 0.1) is 5.92 Å². The van der Waals surface area contributed by atoms with Crippen LogP contribution < -0.4 is 5.32 Å². The zero-order chi connectivity index (χ0) is 15.5. The van der Waals surface area contributed by atoms with Crippen LogP contribution in [0.25, 0.3) is 0 Å². The van der Waals surface area contributed by atoms with Gasteiger partial charge in [0.05, 0.1) is 6.20 Å². The van der Waals surface area contributed by atoms with E-state index in [2.05, 4.69) is 43.2 Å². The number of amides is 1. The smallest absolute Gasteiger partial charge is 0.222 e. The molecule has 1 aliphatic rings. The van der Waals surface area contributed by atoms with Gasteiger partial charge in [-0.2, -0.15) is 5.10 Å². The molecule has 1 fully saturated rings. The molecule has 1 atom stereocenters. The summed E-state index contributed by atoms with van der Waals surface area (Å²) in [6, 6.07) is 0. The van der Waals surface area contributed by atoms with Gasteiger partial charge in [-0.05, 0) is 18.9 Å². The molecule has 1 amide bonds. The van der Waals surface area contributed by atoms with Crippen LogP contribution in [0.15, 0.2) is 6.20 Å². The van der Waals surface area contributed by atoms with Crippen molar-refractivity contribution >= 4 is 18.3 Å². The Morgan fingerprint density at radius 2 is 2.18 bits per heavy atom. The summed E-state index contributed by atoms with van der Waals surface area (Å²) >= 11 is 0. The van der Waals surface area contributed by atoms with Crippen molar-refractivity contribution in [2.75, 3.05) is 19.6 Å². The lowest BCUT2D eigenvalue weighted by molar-refractivity contribution is -0.128. The molecule has 0 aliphatic carbocycles. The Bertz CT molecular complexity index is 481. The van der Waals surface area contributed by atoms with E-state index in [0.717, 1.165) is 39.0 Å². The Morgan fingerprint density at radius 3 is 2.77 bits per heavy atom. The van der Waals surface area contributed by atoms with Crippen molar-refractivity contribution in [3.8, 4) is 0 Å². The Morgan fingerprint density at radius 1 is 1.45 bits per heavy atom. The lowest BCUT2D eigenvalue weighted by Crippen LogP contribution is -2.34. The zero-order valence-electron chi connectivity index (χ0n) is 14.1. The standard InChI is InChI=1S/C16H28N4O.ClH/c1-12(11-20-7-5-6-14(20)21)8-17-9-13-10-18-19-15(13)16(2,3)4;/h10,12,17H,5-9,11H2,1-4H3,(H,18,19);1H. The lowest BCUT2D eigenvalue weighted by atomic mass is 9.89. The lowest BCUT2D eigenvalue weighted by Gasteiger charge is -2.22. The predicted molar refractivity (Wildman–Crippen MR) is 91.2 cm³/mol. The minimum atomic E-state index is 0. The summed E-state index contributed by atoms with van der Waals surface area (Å²) in [5, 5.41) is 10.8. The number of carbonyl (C=O) groups is 1. The van der Waals surface area contributed by atoms with E-state index in [4.69, 9.17) is 0 Å². The summed E-state index contributed by atoms with van der Waals surface area (Å²) in [5.41, 5.74) is 2.51. The second-order valence-electron chi connectivity index (χ2n) is 7.20. The molecule has 1 unspecified atom stereocenters. The predicted octanol–water partition coefficient (Wildman–Crippen LogP) is 2.48. The molecular formula is C16H29ClN4O. The second-order valence-corrected chi connectivity index (χ2v) is 7.20. The number of carbonyl (C=O) groups excluding carboxylic acids is 1. The van der Waals surface area contributed by atoms with E-state index in [1.165, 1.54) is 11.3 Å². The highest BCUT2D eigenvalue weighted by Crippen LogP contribution is 2.23. The molecule has 2 heterocycles. The third-order valence-corrected chi connectivity index (χ3v) is 3.98. The number of hydrogen-bond acceptors (Lipinski definition) is 3. The molecule has 126 valence electrons. The summed E-state index contributed by atoms with van der Waals surface area (Å²) in [6.07, 6.45) is 3.65. The minimum Gasteiger partial charge on any atom is -0.342 e. The van der Waals surface area contributed by atoms with Gasteiger partial charge in [-0.25, -0.2) is 0 Å². The van der Waals surface area contributed by atoms with Crippen LogP contribution in [-0.2, 0) is 16.8 Å². The number of H-pyrrole nitrogens is 1. The monoisotopic (exact) mass is 328 g/mol. The van der Waals surface area contributed by atoms with Crippen LogP contribution in [0.4, 0.5) is 0 Å². The van der Waals surface area contributed by atoms with Gasteiger partial charge in [-0.3, -0.25) is 9.89 Å². The third kappa shape index (κ3) is 4.99. The van der Waals surface area contributed by atoms with E-state index in [0.29, 0.717) is 11.8 Å². The molecule has 2 rings (SSSR count). The van der Waals surface area contributed by atoms with Gasteiger partial charge in [0.25, 0.3) is 0 Å². The van der Waals surface area contributed by atoms with E-state index in [-0.39, 0.29) is 17.8 Å². The highest BCUT2D eigenvalue weighted by Gasteiger charge is 2.22. The molecule has 0 spiro atoms. The molecular weight excluding hydrogens is 300 g/mol. The SMILES string of the molecule is CC(CNCc1cn[nH]c1C(C)(C)C)CN1CCCC1=O.Cl. The topological polar surface area (TPSA) is 61.0 Å². The van der Waals surface area contributed by atoms with Crippen molar-refractivity contribution in [1.29, 1.82) is 0 Å².